The van der Waals surface area contributed by atoms with Crippen LogP contribution in [-0.4, -0.2) is 63.2 Å². The third-order valence-corrected chi connectivity index (χ3v) is 5.35. The largest absolute Gasteiger partial charge is 0.335 e. The number of piperazine rings is 1. The summed E-state index contributed by atoms with van der Waals surface area (Å²) in [5, 5.41) is 0. The molecule has 0 aromatic heterocycles. The predicted molar refractivity (Wildman–Crippen MR) is 79.9 cm³/mol. The van der Waals surface area contributed by atoms with Gasteiger partial charge in [-0.25, -0.2) is 0 Å². The highest BCUT2D eigenvalue weighted by Gasteiger charge is 2.34. The van der Waals surface area contributed by atoms with Crippen molar-refractivity contribution in [1.29, 1.82) is 0 Å². The van der Waals surface area contributed by atoms with Crippen LogP contribution in [0.2, 0.25) is 39.3 Å². The Morgan fingerprint density at radius 2 is 1.06 bits per heavy atom. The van der Waals surface area contributed by atoms with Crippen molar-refractivity contribution in [2.75, 3.05) is 25.4 Å². The molecule has 6 heteroatoms. The van der Waals surface area contributed by atoms with Crippen LogP contribution in [0.4, 0.5) is 0 Å². The zero-order valence-corrected chi connectivity index (χ0v) is 14.5. The zero-order valence-electron chi connectivity index (χ0n) is 12.5. The van der Waals surface area contributed by atoms with Gasteiger partial charge in [0.1, 0.15) is 0 Å². The average molecular weight is 287 g/mol. The lowest BCUT2D eigenvalue weighted by Gasteiger charge is -2.38. The van der Waals surface area contributed by atoms with E-state index in [9.17, 15) is 9.59 Å². The topological polar surface area (TPSA) is 40.6 Å². The van der Waals surface area contributed by atoms with Crippen LogP contribution < -0.4 is 0 Å². The highest BCUT2D eigenvalue weighted by atomic mass is 28.3. The first-order valence-electron chi connectivity index (χ1n) is 6.53. The first-order chi connectivity index (χ1) is 7.98. The van der Waals surface area contributed by atoms with Gasteiger partial charge in [0.25, 0.3) is 0 Å². The minimum Gasteiger partial charge on any atom is -0.335 e. The van der Waals surface area contributed by atoms with Crippen molar-refractivity contribution >= 4 is 28.0 Å². The van der Waals surface area contributed by atoms with Crippen LogP contribution in [0.3, 0.4) is 0 Å². The second-order valence-corrected chi connectivity index (χ2v) is 18.5. The van der Waals surface area contributed by atoms with Crippen LogP contribution in [0, 0.1) is 0 Å². The SMILES string of the molecule is C[Si](C)(C)CN1CC(=O)N(C[Si](C)(C)C)CC1=O. The summed E-state index contributed by atoms with van der Waals surface area (Å²) in [5.41, 5.74) is 0. The van der Waals surface area contributed by atoms with Crippen LogP contribution in [0.1, 0.15) is 0 Å². The number of amides is 2. The van der Waals surface area contributed by atoms with E-state index in [0.717, 1.165) is 12.3 Å². The Morgan fingerprint density at radius 1 is 0.778 bits per heavy atom. The van der Waals surface area contributed by atoms with Crippen molar-refractivity contribution in [2.24, 2.45) is 0 Å². The Balaban J connectivity index is 2.66. The van der Waals surface area contributed by atoms with Gasteiger partial charge in [-0.3, -0.25) is 9.59 Å². The molecule has 0 aromatic carbocycles. The van der Waals surface area contributed by atoms with Crippen molar-refractivity contribution in [3.63, 3.8) is 0 Å². The van der Waals surface area contributed by atoms with Crippen LogP contribution in [-0.2, 0) is 9.59 Å². The van der Waals surface area contributed by atoms with Crippen molar-refractivity contribution in [2.45, 2.75) is 39.3 Å². The molecule has 0 unspecified atom stereocenters. The molecule has 1 fully saturated rings. The summed E-state index contributed by atoms with van der Waals surface area (Å²) in [6.07, 6.45) is 1.58. The van der Waals surface area contributed by atoms with Gasteiger partial charge in [-0.2, -0.15) is 0 Å². The Labute approximate surface area is 112 Å². The van der Waals surface area contributed by atoms with E-state index in [0.29, 0.717) is 0 Å². The lowest BCUT2D eigenvalue weighted by molar-refractivity contribution is -0.148. The summed E-state index contributed by atoms with van der Waals surface area (Å²) < 4.78 is 0. The lowest BCUT2D eigenvalue weighted by atomic mass is 10.3. The standard InChI is InChI=1S/C12H26N2O2Si2/c1-17(2,3)9-13-7-12(16)14(8-11(13)15)10-18(4,5)6/h7-10H2,1-6H3. The van der Waals surface area contributed by atoms with E-state index in [1.54, 1.807) is 9.80 Å². The summed E-state index contributed by atoms with van der Waals surface area (Å²) in [6, 6.07) is 0. The molecule has 0 N–H and O–H groups in total. The number of hydrogen-bond donors (Lipinski definition) is 0. The molecular formula is C12H26N2O2Si2. The van der Waals surface area contributed by atoms with Gasteiger partial charge in [-0.15, -0.1) is 0 Å². The number of hydrogen-bond acceptors (Lipinski definition) is 2. The van der Waals surface area contributed by atoms with E-state index in [2.05, 4.69) is 39.3 Å². The van der Waals surface area contributed by atoms with E-state index in [1.165, 1.54) is 0 Å². The molecular weight excluding hydrogens is 260 g/mol. The summed E-state index contributed by atoms with van der Waals surface area (Å²) >= 11 is 0. The van der Waals surface area contributed by atoms with E-state index in [4.69, 9.17) is 0 Å². The fraction of sp³-hybridized carbons (Fsp3) is 0.833. The Hall–Kier alpha value is -0.626. The van der Waals surface area contributed by atoms with Gasteiger partial charge in [0.15, 0.2) is 0 Å². The number of nitrogens with zero attached hydrogens (tertiary/aromatic N) is 2. The molecule has 0 atom stereocenters. The number of carbonyl (C=O) groups is 2. The van der Waals surface area contributed by atoms with Gasteiger partial charge in [0, 0.05) is 12.3 Å². The quantitative estimate of drug-likeness (QED) is 0.733. The minimum absolute atomic E-state index is 0.121. The van der Waals surface area contributed by atoms with Crippen LogP contribution in [0.15, 0.2) is 0 Å². The Bertz CT molecular complexity index is 311. The van der Waals surface area contributed by atoms with Gasteiger partial charge in [-0.05, 0) is 0 Å². The summed E-state index contributed by atoms with van der Waals surface area (Å²) in [4.78, 5) is 27.7. The second-order valence-electron chi connectivity index (χ2n) is 7.62. The lowest BCUT2D eigenvalue weighted by Crippen LogP contribution is -2.59. The first-order valence-corrected chi connectivity index (χ1v) is 13.9. The molecule has 1 heterocycles. The molecule has 0 saturated carbocycles. The Kier molecular flexibility index (Phi) is 4.43. The van der Waals surface area contributed by atoms with E-state index < -0.39 is 16.1 Å². The van der Waals surface area contributed by atoms with Gasteiger partial charge in [0.2, 0.25) is 11.8 Å². The molecule has 1 aliphatic rings. The molecule has 0 radical (unpaired) electrons. The maximum Gasteiger partial charge on any atom is 0.242 e. The second kappa shape index (κ2) is 5.16. The zero-order chi connectivity index (χ0) is 14.1. The third kappa shape index (κ3) is 4.93. The molecule has 4 nitrogen and oxygen atoms in total. The minimum atomic E-state index is -1.34. The first kappa shape index (κ1) is 15.4. The van der Waals surface area contributed by atoms with Crippen molar-refractivity contribution in [3.8, 4) is 0 Å². The molecule has 0 bridgehead atoms. The number of carbonyl (C=O) groups excluding carboxylic acids is 2. The van der Waals surface area contributed by atoms with Crippen molar-refractivity contribution in [3.05, 3.63) is 0 Å². The fourth-order valence-corrected chi connectivity index (χ4v) is 5.00. The van der Waals surface area contributed by atoms with E-state index in [-0.39, 0.29) is 24.9 Å². The third-order valence-electron chi connectivity index (χ3n) is 2.69. The van der Waals surface area contributed by atoms with Gasteiger partial charge in [-0.1, -0.05) is 39.3 Å². The maximum atomic E-state index is 12.1. The monoisotopic (exact) mass is 286 g/mol. The van der Waals surface area contributed by atoms with Gasteiger partial charge in [0.05, 0.1) is 29.2 Å². The van der Waals surface area contributed by atoms with Crippen LogP contribution in [0.5, 0.6) is 0 Å². The van der Waals surface area contributed by atoms with Crippen LogP contribution in [0.25, 0.3) is 0 Å². The predicted octanol–water partition coefficient (Wildman–Crippen LogP) is 1.41. The normalized spacial score (nSPS) is 18.6. The molecule has 1 aliphatic heterocycles. The van der Waals surface area contributed by atoms with Gasteiger partial charge >= 0.3 is 0 Å². The highest BCUT2D eigenvalue weighted by Crippen LogP contribution is 2.13. The molecule has 1 rings (SSSR count). The smallest absolute Gasteiger partial charge is 0.242 e. The maximum absolute atomic E-state index is 12.1. The molecule has 104 valence electrons. The summed E-state index contributed by atoms with van der Waals surface area (Å²) in [5.74, 6) is 0.241. The van der Waals surface area contributed by atoms with E-state index in [1.807, 2.05) is 0 Å². The fourth-order valence-electron chi connectivity index (χ4n) is 2.14. The summed E-state index contributed by atoms with van der Waals surface area (Å²) in [6.45, 7) is 13.9. The van der Waals surface area contributed by atoms with Crippen molar-refractivity contribution < 1.29 is 9.59 Å². The molecule has 0 aromatic rings. The molecule has 0 aliphatic carbocycles. The molecule has 18 heavy (non-hydrogen) atoms. The molecule has 2 amide bonds. The van der Waals surface area contributed by atoms with Gasteiger partial charge < -0.3 is 9.80 Å². The average Bonchev–Trinajstić information content (AvgIpc) is 2.08. The molecule has 0 spiro atoms. The number of rotatable bonds is 4. The molecule has 1 saturated heterocycles. The van der Waals surface area contributed by atoms with Crippen LogP contribution >= 0.6 is 0 Å². The Morgan fingerprint density at radius 3 is 1.28 bits per heavy atom. The van der Waals surface area contributed by atoms with Crippen molar-refractivity contribution in [1.82, 2.24) is 9.80 Å². The van der Waals surface area contributed by atoms with E-state index >= 15 is 0 Å². The highest BCUT2D eigenvalue weighted by molar-refractivity contribution is 6.76. The summed E-state index contributed by atoms with van der Waals surface area (Å²) in [7, 11) is -2.68.